The number of hydrogen-bond donors (Lipinski definition) is 3. The summed E-state index contributed by atoms with van der Waals surface area (Å²) in [4.78, 5) is 4.67. The van der Waals surface area contributed by atoms with Crippen molar-refractivity contribution in [2.75, 3.05) is 32.8 Å². The molecule has 0 heterocycles. The van der Waals surface area contributed by atoms with Crippen LogP contribution in [0.25, 0.3) is 0 Å². The van der Waals surface area contributed by atoms with Crippen molar-refractivity contribution in [3.63, 3.8) is 0 Å². The van der Waals surface area contributed by atoms with E-state index in [1.54, 1.807) is 0 Å². The highest BCUT2D eigenvalue weighted by atomic mass is 16.5. The van der Waals surface area contributed by atoms with E-state index in [0.29, 0.717) is 12.5 Å². The molecule has 0 fully saturated rings. The molecule has 5 heteroatoms. The molecule has 0 aliphatic rings. The Morgan fingerprint density at radius 2 is 2.00 bits per heavy atom. The summed E-state index contributed by atoms with van der Waals surface area (Å²) in [7, 11) is 0. The van der Waals surface area contributed by atoms with E-state index in [0.717, 1.165) is 57.0 Å². The van der Waals surface area contributed by atoms with E-state index in [1.807, 2.05) is 12.1 Å². The molecule has 0 saturated heterocycles. The summed E-state index contributed by atoms with van der Waals surface area (Å²) in [5.74, 6) is 4.53. The van der Waals surface area contributed by atoms with Crippen molar-refractivity contribution in [3.8, 4) is 18.1 Å². The summed E-state index contributed by atoms with van der Waals surface area (Å²) in [6.07, 6.45) is 9.11. The first-order valence-electron chi connectivity index (χ1n) is 9.51. The molecule has 0 aliphatic heterocycles. The maximum absolute atomic E-state index is 9.17. The van der Waals surface area contributed by atoms with Gasteiger partial charge in [0.1, 0.15) is 12.4 Å². The van der Waals surface area contributed by atoms with E-state index in [-0.39, 0.29) is 6.61 Å². The highest BCUT2D eigenvalue weighted by Gasteiger charge is 2.07. The van der Waals surface area contributed by atoms with Gasteiger partial charge in [0.25, 0.3) is 0 Å². The van der Waals surface area contributed by atoms with Crippen LogP contribution < -0.4 is 15.4 Å². The summed E-state index contributed by atoms with van der Waals surface area (Å²) in [5, 5.41) is 15.8. The summed E-state index contributed by atoms with van der Waals surface area (Å²) < 4.78 is 5.38. The minimum Gasteiger partial charge on any atom is -0.481 e. The van der Waals surface area contributed by atoms with Crippen LogP contribution >= 0.6 is 0 Å². The highest BCUT2D eigenvalue weighted by Crippen LogP contribution is 2.12. The number of aliphatic imine (C=N–C) groups is 1. The van der Waals surface area contributed by atoms with Gasteiger partial charge in [-0.25, -0.2) is 0 Å². The monoisotopic (exact) mass is 359 g/mol. The summed E-state index contributed by atoms with van der Waals surface area (Å²) >= 11 is 0. The van der Waals surface area contributed by atoms with Gasteiger partial charge in [-0.15, -0.1) is 6.42 Å². The first-order chi connectivity index (χ1) is 12.7. The maximum atomic E-state index is 9.17. The molecule has 0 saturated carbocycles. The van der Waals surface area contributed by atoms with Gasteiger partial charge < -0.3 is 20.5 Å². The SMILES string of the molecule is C#CCOc1ccc(CCNC(=NCC(CCC)CCO)NCC)cc1. The Morgan fingerprint density at radius 3 is 2.62 bits per heavy atom. The zero-order valence-corrected chi connectivity index (χ0v) is 16.1. The second kappa shape index (κ2) is 14.0. The van der Waals surface area contributed by atoms with Crippen molar-refractivity contribution in [2.45, 2.75) is 39.5 Å². The molecule has 5 nitrogen and oxygen atoms in total. The van der Waals surface area contributed by atoms with Crippen LogP contribution in [-0.4, -0.2) is 43.9 Å². The Morgan fingerprint density at radius 1 is 1.23 bits per heavy atom. The lowest BCUT2D eigenvalue weighted by Crippen LogP contribution is -2.38. The number of terminal acetylenes is 1. The Bertz CT molecular complexity index is 543. The third-order valence-electron chi connectivity index (χ3n) is 4.04. The van der Waals surface area contributed by atoms with Gasteiger partial charge in [0.15, 0.2) is 5.96 Å². The van der Waals surface area contributed by atoms with Crippen LogP contribution in [-0.2, 0) is 6.42 Å². The van der Waals surface area contributed by atoms with Crippen LogP contribution in [0, 0.1) is 18.3 Å². The van der Waals surface area contributed by atoms with Gasteiger partial charge in [0, 0.05) is 26.2 Å². The fourth-order valence-corrected chi connectivity index (χ4v) is 2.68. The molecule has 1 aromatic carbocycles. The quantitative estimate of drug-likeness (QED) is 0.305. The van der Waals surface area contributed by atoms with Crippen LogP contribution in [0.15, 0.2) is 29.3 Å². The third-order valence-corrected chi connectivity index (χ3v) is 4.04. The van der Waals surface area contributed by atoms with E-state index in [2.05, 4.69) is 47.5 Å². The zero-order chi connectivity index (χ0) is 19.0. The molecule has 0 spiro atoms. The number of guanidine groups is 1. The molecule has 0 radical (unpaired) electrons. The van der Waals surface area contributed by atoms with E-state index >= 15 is 0 Å². The maximum Gasteiger partial charge on any atom is 0.191 e. The molecule has 1 atom stereocenters. The van der Waals surface area contributed by atoms with Gasteiger partial charge in [-0.05, 0) is 49.8 Å². The van der Waals surface area contributed by atoms with Gasteiger partial charge in [0.05, 0.1) is 0 Å². The molecule has 1 aromatic rings. The molecule has 3 N–H and O–H groups in total. The van der Waals surface area contributed by atoms with Gasteiger partial charge >= 0.3 is 0 Å². The molecule has 0 amide bonds. The van der Waals surface area contributed by atoms with E-state index in [9.17, 15) is 0 Å². The number of benzene rings is 1. The second-order valence-corrected chi connectivity index (χ2v) is 6.20. The predicted octanol–water partition coefficient (Wildman–Crippen LogP) is 2.59. The van der Waals surface area contributed by atoms with Crippen LogP contribution in [0.3, 0.4) is 0 Å². The number of aliphatic hydroxyl groups is 1. The molecule has 1 rings (SSSR count). The topological polar surface area (TPSA) is 65.9 Å². The van der Waals surface area contributed by atoms with Crippen LogP contribution in [0.1, 0.15) is 38.7 Å². The molecule has 144 valence electrons. The molecule has 26 heavy (non-hydrogen) atoms. The number of aliphatic hydroxyl groups excluding tert-OH is 1. The molecule has 1 unspecified atom stereocenters. The van der Waals surface area contributed by atoms with Crippen LogP contribution in [0.4, 0.5) is 0 Å². The van der Waals surface area contributed by atoms with Crippen LogP contribution in [0.5, 0.6) is 5.75 Å². The number of rotatable bonds is 12. The lowest BCUT2D eigenvalue weighted by atomic mass is 10.0. The Hall–Kier alpha value is -2.19. The average Bonchev–Trinajstić information content (AvgIpc) is 2.65. The van der Waals surface area contributed by atoms with Crippen molar-refractivity contribution in [3.05, 3.63) is 29.8 Å². The van der Waals surface area contributed by atoms with Gasteiger partial charge in [-0.2, -0.15) is 0 Å². The minimum atomic E-state index is 0.227. The average molecular weight is 360 g/mol. The predicted molar refractivity (Wildman–Crippen MR) is 109 cm³/mol. The molecular formula is C21H33N3O2. The van der Waals surface area contributed by atoms with E-state index < -0.39 is 0 Å². The van der Waals surface area contributed by atoms with E-state index in [4.69, 9.17) is 16.3 Å². The zero-order valence-electron chi connectivity index (χ0n) is 16.1. The molecular weight excluding hydrogens is 326 g/mol. The summed E-state index contributed by atoms with van der Waals surface area (Å²) in [6, 6.07) is 7.98. The van der Waals surface area contributed by atoms with Crippen molar-refractivity contribution >= 4 is 5.96 Å². The smallest absolute Gasteiger partial charge is 0.191 e. The Kier molecular flexibility index (Phi) is 11.8. The number of hydrogen-bond acceptors (Lipinski definition) is 3. The number of nitrogens with one attached hydrogen (secondary N) is 2. The first-order valence-corrected chi connectivity index (χ1v) is 9.51. The second-order valence-electron chi connectivity index (χ2n) is 6.20. The standard InChI is InChI=1S/C21H33N3O2/c1-4-7-19(13-15-25)17-24-21(22-6-3)23-14-12-18-8-10-20(11-9-18)26-16-5-2/h2,8-11,19,25H,4,6-7,12-17H2,1,3H3,(H2,22,23,24). The Balaban J connectivity index is 2.47. The van der Waals surface area contributed by atoms with Crippen LogP contribution in [0.2, 0.25) is 0 Å². The van der Waals surface area contributed by atoms with Crippen molar-refractivity contribution in [1.29, 1.82) is 0 Å². The first kappa shape index (κ1) is 21.9. The molecule has 0 aromatic heterocycles. The highest BCUT2D eigenvalue weighted by molar-refractivity contribution is 5.79. The fourth-order valence-electron chi connectivity index (χ4n) is 2.68. The summed E-state index contributed by atoms with van der Waals surface area (Å²) in [6.45, 7) is 7.11. The largest absolute Gasteiger partial charge is 0.481 e. The molecule has 0 bridgehead atoms. The van der Waals surface area contributed by atoms with Crippen molar-refractivity contribution in [2.24, 2.45) is 10.9 Å². The van der Waals surface area contributed by atoms with Crippen molar-refractivity contribution < 1.29 is 9.84 Å². The number of ether oxygens (including phenoxy) is 1. The third kappa shape index (κ3) is 9.33. The van der Waals surface area contributed by atoms with Gasteiger partial charge in [-0.3, -0.25) is 4.99 Å². The minimum absolute atomic E-state index is 0.227. The number of nitrogens with zero attached hydrogens (tertiary/aromatic N) is 1. The van der Waals surface area contributed by atoms with Gasteiger partial charge in [0.2, 0.25) is 0 Å². The molecule has 0 aliphatic carbocycles. The normalized spacial score (nSPS) is 12.3. The fraction of sp³-hybridized carbons (Fsp3) is 0.571. The van der Waals surface area contributed by atoms with E-state index in [1.165, 1.54) is 5.56 Å². The Labute approximate surface area is 158 Å². The lowest BCUT2D eigenvalue weighted by Gasteiger charge is -2.15. The summed E-state index contributed by atoms with van der Waals surface area (Å²) in [5.41, 5.74) is 1.23. The van der Waals surface area contributed by atoms with Crippen molar-refractivity contribution in [1.82, 2.24) is 10.6 Å². The lowest BCUT2D eigenvalue weighted by molar-refractivity contribution is 0.253. The van der Waals surface area contributed by atoms with Gasteiger partial charge in [-0.1, -0.05) is 31.4 Å².